The molecule has 0 amide bonds. The van der Waals surface area contributed by atoms with E-state index in [0.29, 0.717) is 0 Å². The van der Waals surface area contributed by atoms with E-state index in [4.69, 9.17) is 10.2 Å². The number of piperidine rings is 1. The summed E-state index contributed by atoms with van der Waals surface area (Å²) in [6.07, 6.45) is -1.86. The molecule has 1 rings (SSSR count). The molecule has 0 spiro atoms. The van der Waals surface area contributed by atoms with Crippen molar-refractivity contribution in [1.82, 2.24) is 5.32 Å². The van der Waals surface area contributed by atoms with Gasteiger partial charge in [0.2, 0.25) is 0 Å². The van der Waals surface area contributed by atoms with Gasteiger partial charge < -0.3 is 25.7 Å². The lowest BCUT2D eigenvalue weighted by Gasteiger charge is -2.41. The van der Waals surface area contributed by atoms with Crippen molar-refractivity contribution >= 4 is 0 Å². The quantitative estimate of drug-likeness (QED) is 0.337. The first-order chi connectivity index (χ1) is 6.11. The van der Waals surface area contributed by atoms with Crippen molar-refractivity contribution in [2.75, 3.05) is 13.2 Å². The summed E-state index contributed by atoms with van der Waals surface area (Å²) in [4.78, 5) is 0. The maximum Gasteiger partial charge on any atom is 0.0977 e. The predicted octanol–water partition coefficient (Wildman–Crippen LogP) is -2.33. The van der Waals surface area contributed by atoms with Crippen LogP contribution in [-0.2, 0) is 0 Å². The van der Waals surface area contributed by atoms with Gasteiger partial charge >= 0.3 is 0 Å². The van der Waals surface area contributed by atoms with Crippen molar-refractivity contribution in [2.24, 2.45) is 5.92 Å². The summed E-state index contributed by atoms with van der Waals surface area (Å²) in [5.74, 6) is -0.220. The van der Waals surface area contributed by atoms with Crippen LogP contribution in [0.15, 0.2) is 0 Å². The van der Waals surface area contributed by atoms with Gasteiger partial charge in [0.15, 0.2) is 0 Å². The standard InChI is InChI=1S/C8H17NO4/c1-4-5(2-10)9-6(3-11)8(13)7(4)12/h4-13H,2-3H2,1H3/t4?,5-,6?,7+,8-/m1/s1. The Morgan fingerprint density at radius 1 is 1.00 bits per heavy atom. The monoisotopic (exact) mass is 191 g/mol. The Morgan fingerprint density at radius 3 is 2.00 bits per heavy atom. The van der Waals surface area contributed by atoms with Crippen LogP contribution < -0.4 is 5.32 Å². The Kier molecular flexibility index (Phi) is 3.63. The second-order valence-corrected chi connectivity index (χ2v) is 3.59. The molecule has 5 N–H and O–H groups in total. The third-order valence-electron chi connectivity index (χ3n) is 2.76. The summed E-state index contributed by atoms with van der Waals surface area (Å²) in [5.41, 5.74) is 0. The van der Waals surface area contributed by atoms with Crippen molar-refractivity contribution in [3.63, 3.8) is 0 Å². The van der Waals surface area contributed by atoms with Gasteiger partial charge in [-0.15, -0.1) is 0 Å². The van der Waals surface area contributed by atoms with E-state index in [0.717, 1.165) is 0 Å². The lowest BCUT2D eigenvalue weighted by atomic mass is 9.84. The van der Waals surface area contributed by atoms with Crippen molar-refractivity contribution in [3.8, 4) is 0 Å². The molecule has 13 heavy (non-hydrogen) atoms. The minimum atomic E-state index is -0.970. The van der Waals surface area contributed by atoms with E-state index in [1.165, 1.54) is 0 Å². The van der Waals surface area contributed by atoms with Crippen LogP contribution in [0.4, 0.5) is 0 Å². The molecule has 0 bridgehead atoms. The van der Waals surface area contributed by atoms with E-state index >= 15 is 0 Å². The summed E-state index contributed by atoms with van der Waals surface area (Å²) < 4.78 is 0. The Balaban J connectivity index is 2.66. The lowest BCUT2D eigenvalue weighted by molar-refractivity contribution is -0.0861. The smallest absolute Gasteiger partial charge is 0.0977 e. The number of nitrogens with one attached hydrogen (secondary N) is 1. The molecule has 0 aromatic heterocycles. The highest BCUT2D eigenvalue weighted by Crippen LogP contribution is 2.20. The van der Waals surface area contributed by atoms with Crippen LogP contribution in [0.2, 0.25) is 0 Å². The summed E-state index contributed by atoms with van der Waals surface area (Å²) in [7, 11) is 0. The lowest BCUT2D eigenvalue weighted by Crippen LogP contribution is -2.63. The number of aliphatic hydroxyl groups excluding tert-OH is 4. The zero-order chi connectivity index (χ0) is 10.0. The molecule has 1 saturated heterocycles. The van der Waals surface area contributed by atoms with Crippen LogP contribution in [0.1, 0.15) is 6.92 Å². The molecule has 5 atom stereocenters. The molecular formula is C8H17NO4. The molecular weight excluding hydrogens is 174 g/mol. The third-order valence-corrected chi connectivity index (χ3v) is 2.76. The normalized spacial score (nSPS) is 46.4. The van der Waals surface area contributed by atoms with Crippen LogP contribution in [0.3, 0.4) is 0 Å². The van der Waals surface area contributed by atoms with E-state index in [-0.39, 0.29) is 25.2 Å². The van der Waals surface area contributed by atoms with Gasteiger partial charge in [-0.05, 0) is 0 Å². The van der Waals surface area contributed by atoms with Gasteiger partial charge in [0, 0.05) is 12.0 Å². The van der Waals surface area contributed by atoms with Crippen molar-refractivity contribution in [1.29, 1.82) is 0 Å². The largest absolute Gasteiger partial charge is 0.395 e. The second kappa shape index (κ2) is 4.34. The molecule has 0 aromatic carbocycles. The SMILES string of the molecule is CC1[C@@H](CO)NC(CO)[C@@H](O)[C@H]1O. The Morgan fingerprint density at radius 2 is 1.54 bits per heavy atom. The first-order valence-electron chi connectivity index (χ1n) is 4.45. The highest BCUT2D eigenvalue weighted by Gasteiger charge is 2.39. The highest BCUT2D eigenvalue weighted by atomic mass is 16.3. The van der Waals surface area contributed by atoms with Crippen LogP contribution in [0, 0.1) is 5.92 Å². The molecule has 0 aromatic rings. The minimum Gasteiger partial charge on any atom is -0.395 e. The molecule has 1 aliphatic heterocycles. The molecule has 0 aliphatic carbocycles. The van der Waals surface area contributed by atoms with Crippen LogP contribution in [0.25, 0.3) is 0 Å². The van der Waals surface area contributed by atoms with E-state index in [9.17, 15) is 10.2 Å². The molecule has 1 heterocycles. The second-order valence-electron chi connectivity index (χ2n) is 3.59. The van der Waals surface area contributed by atoms with Gasteiger partial charge in [-0.2, -0.15) is 0 Å². The fraction of sp³-hybridized carbons (Fsp3) is 1.00. The maximum atomic E-state index is 9.54. The number of hydrogen-bond acceptors (Lipinski definition) is 5. The summed E-state index contributed by atoms with van der Waals surface area (Å²) in [6, 6.07) is -0.820. The Bertz CT molecular complexity index is 146. The summed E-state index contributed by atoms with van der Waals surface area (Å²) in [6.45, 7) is 1.39. The molecule has 0 saturated carbocycles. The Labute approximate surface area is 77.0 Å². The molecule has 1 fully saturated rings. The first kappa shape index (κ1) is 10.9. The van der Waals surface area contributed by atoms with Crippen LogP contribution >= 0.6 is 0 Å². The predicted molar refractivity (Wildman–Crippen MR) is 46.1 cm³/mol. The van der Waals surface area contributed by atoms with Crippen LogP contribution in [0.5, 0.6) is 0 Å². The Hall–Kier alpha value is -0.200. The zero-order valence-corrected chi connectivity index (χ0v) is 7.59. The average molecular weight is 191 g/mol. The van der Waals surface area contributed by atoms with E-state index in [1.54, 1.807) is 6.92 Å². The number of hydrogen-bond donors (Lipinski definition) is 5. The van der Waals surface area contributed by atoms with Gasteiger partial charge in [-0.3, -0.25) is 0 Å². The fourth-order valence-corrected chi connectivity index (χ4v) is 1.69. The van der Waals surface area contributed by atoms with Gasteiger partial charge in [0.25, 0.3) is 0 Å². The van der Waals surface area contributed by atoms with Gasteiger partial charge in [0.1, 0.15) is 0 Å². The van der Waals surface area contributed by atoms with Gasteiger partial charge in [-0.25, -0.2) is 0 Å². The van der Waals surface area contributed by atoms with Crippen LogP contribution in [-0.4, -0.2) is 57.9 Å². The number of aliphatic hydroxyl groups is 4. The number of rotatable bonds is 2. The van der Waals surface area contributed by atoms with Crippen molar-refractivity contribution < 1.29 is 20.4 Å². The highest BCUT2D eigenvalue weighted by molar-refractivity contribution is 4.95. The van der Waals surface area contributed by atoms with Gasteiger partial charge in [0.05, 0.1) is 31.5 Å². The minimum absolute atomic E-state index is 0.110. The first-order valence-corrected chi connectivity index (χ1v) is 4.45. The van der Waals surface area contributed by atoms with Crippen molar-refractivity contribution in [3.05, 3.63) is 0 Å². The summed E-state index contributed by atoms with van der Waals surface area (Å²) >= 11 is 0. The van der Waals surface area contributed by atoms with E-state index in [2.05, 4.69) is 5.32 Å². The van der Waals surface area contributed by atoms with E-state index < -0.39 is 18.2 Å². The molecule has 1 aliphatic rings. The summed E-state index contributed by atoms with van der Waals surface area (Å²) in [5, 5.41) is 39.7. The molecule has 78 valence electrons. The fourth-order valence-electron chi connectivity index (χ4n) is 1.69. The average Bonchev–Trinajstić information content (AvgIpc) is 2.15. The molecule has 5 nitrogen and oxygen atoms in total. The van der Waals surface area contributed by atoms with Gasteiger partial charge in [-0.1, -0.05) is 6.92 Å². The maximum absolute atomic E-state index is 9.54. The molecule has 0 radical (unpaired) electrons. The molecule has 2 unspecified atom stereocenters. The van der Waals surface area contributed by atoms with E-state index in [1.807, 2.05) is 0 Å². The third kappa shape index (κ3) is 2.00. The zero-order valence-electron chi connectivity index (χ0n) is 7.59. The topological polar surface area (TPSA) is 93.0 Å². The van der Waals surface area contributed by atoms with Crippen molar-refractivity contribution in [2.45, 2.75) is 31.2 Å². The molecule has 5 heteroatoms.